The first-order chi connectivity index (χ1) is 19.6. The normalized spacial score (nSPS) is 15.3. The molecule has 8 nitrogen and oxygen atoms in total. The van der Waals surface area contributed by atoms with Crippen LogP contribution in [-0.2, 0) is 11.2 Å². The second-order valence-electron chi connectivity index (χ2n) is 9.40. The Labute approximate surface area is 233 Å². The van der Waals surface area contributed by atoms with Crippen LogP contribution in [0.2, 0.25) is 0 Å². The minimum atomic E-state index is -4.69. The Morgan fingerprint density at radius 1 is 0.927 bits per heavy atom. The summed E-state index contributed by atoms with van der Waals surface area (Å²) in [4.78, 5) is 14.0. The Bertz CT molecular complexity index is 1590. The Morgan fingerprint density at radius 2 is 1.63 bits per heavy atom. The van der Waals surface area contributed by atoms with Gasteiger partial charge in [0.15, 0.2) is 11.5 Å². The van der Waals surface area contributed by atoms with Crippen LogP contribution in [0.25, 0.3) is 22.4 Å². The van der Waals surface area contributed by atoms with Crippen LogP contribution >= 0.6 is 0 Å². The largest absolute Gasteiger partial charge is 0.496 e. The molecule has 0 saturated carbocycles. The molecule has 1 aliphatic rings. The number of anilines is 1. The number of amides is 1. The molecular formula is C29H26F4N4O4. The molecule has 1 amide bonds. The minimum Gasteiger partial charge on any atom is -0.496 e. The fourth-order valence-electron chi connectivity index (χ4n) is 4.99. The molecule has 214 valence electrons. The van der Waals surface area contributed by atoms with Gasteiger partial charge in [0.05, 0.1) is 33.2 Å². The van der Waals surface area contributed by atoms with Crippen molar-refractivity contribution in [2.24, 2.45) is 0 Å². The van der Waals surface area contributed by atoms with Gasteiger partial charge in [-0.2, -0.15) is 13.2 Å². The summed E-state index contributed by atoms with van der Waals surface area (Å²) in [5, 5.41) is 8.25. The summed E-state index contributed by atoms with van der Waals surface area (Å²) in [5.41, 5.74) is 2.54. The summed E-state index contributed by atoms with van der Waals surface area (Å²) >= 11 is 0. The van der Waals surface area contributed by atoms with Crippen molar-refractivity contribution >= 4 is 11.6 Å². The van der Waals surface area contributed by atoms with Gasteiger partial charge in [-0.3, -0.25) is 4.79 Å². The van der Waals surface area contributed by atoms with Crippen molar-refractivity contribution in [1.29, 1.82) is 0 Å². The number of aromatic nitrogens is 3. The highest BCUT2D eigenvalue weighted by Crippen LogP contribution is 2.39. The van der Waals surface area contributed by atoms with E-state index in [1.165, 1.54) is 36.2 Å². The molecule has 41 heavy (non-hydrogen) atoms. The van der Waals surface area contributed by atoms with Crippen LogP contribution in [0.5, 0.6) is 17.2 Å². The van der Waals surface area contributed by atoms with Crippen LogP contribution in [-0.4, -0.2) is 55.0 Å². The van der Waals surface area contributed by atoms with E-state index in [0.29, 0.717) is 33.4 Å². The van der Waals surface area contributed by atoms with E-state index < -0.39 is 30.5 Å². The van der Waals surface area contributed by atoms with Crippen LogP contribution in [0.4, 0.5) is 23.2 Å². The van der Waals surface area contributed by atoms with Crippen molar-refractivity contribution in [3.8, 4) is 39.6 Å². The average molecular weight is 571 g/mol. The number of rotatable bonds is 7. The highest BCUT2D eigenvalue weighted by Gasteiger charge is 2.40. The molecule has 3 aromatic carbocycles. The summed E-state index contributed by atoms with van der Waals surface area (Å²) in [6.45, 7) is -1.55. The maximum absolute atomic E-state index is 14.6. The zero-order valence-electron chi connectivity index (χ0n) is 22.4. The van der Waals surface area contributed by atoms with Crippen LogP contribution in [0.15, 0.2) is 60.8 Å². The highest BCUT2D eigenvalue weighted by atomic mass is 19.4. The molecule has 0 N–H and O–H groups in total. The first-order valence-corrected chi connectivity index (χ1v) is 12.6. The highest BCUT2D eigenvalue weighted by molar-refractivity contribution is 5.97. The first-order valence-electron chi connectivity index (χ1n) is 12.6. The van der Waals surface area contributed by atoms with Crippen LogP contribution in [0.1, 0.15) is 18.0 Å². The van der Waals surface area contributed by atoms with Crippen molar-refractivity contribution in [2.45, 2.75) is 25.1 Å². The van der Waals surface area contributed by atoms with Gasteiger partial charge in [-0.25, -0.2) is 9.07 Å². The van der Waals surface area contributed by atoms with E-state index in [1.54, 1.807) is 32.4 Å². The molecule has 2 heterocycles. The number of hydrogen-bond acceptors (Lipinski definition) is 6. The van der Waals surface area contributed by atoms with Crippen molar-refractivity contribution in [3.05, 3.63) is 72.2 Å². The molecule has 0 bridgehead atoms. The van der Waals surface area contributed by atoms with E-state index in [2.05, 4.69) is 10.3 Å². The summed E-state index contributed by atoms with van der Waals surface area (Å²) in [6, 6.07) is 13.5. The van der Waals surface area contributed by atoms with Gasteiger partial charge >= 0.3 is 6.18 Å². The molecule has 1 unspecified atom stereocenters. The van der Waals surface area contributed by atoms with Gasteiger partial charge in [-0.05, 0) is 54.8 Å². The predicted molar refractivity (Wildman–Crippen MR) is 143 cm³/mol. The fraction of sp³-hybridized carbons (Fsp3) is 0.276. The predicted octanol–water partition coefficient (Wildman–Crippen LogP) is 5.86. The van der Waals surface area contributed by atoms with Crippen LogP contribution in [0, 0.1) is 5.82 Å². The third-order valence-corrected chi connectivity index (χ3v) is 6.96. The molecule has 1 atom stereocenters. The summed E-state index contributed by atoms with van der Waals surface area (Å²) < 4.78 is 72.5. The van der Waals surface area contributed by atoms with E-state index in [1.807, 2.05) is 18.2 Å². The van der Waals surface area contributed by atoms with E-state index in [9.17, 15) is 22.4 Å². The van der Waals surface area contributed by atoms with Gasteiger partial charge in [-0.15, -0.1) is 5.10 Å². The lowest BCUT2D eigenvalue weighted by atomic mass is 10.0. The molecule has 0 fully saturated rings. The summed E-state index contributed by atoms with van der Waals surface area (Å²) in [6.07, 6.45) is -3.10. The number of methoxy groups -OCH3 is 3. The maximum Gasteiger partial charge on any atom is 0.406 e. The Kier molecular flexibility index (Phi) is 7.57. The Hall–Kier alpha value is -4.61. The SMILES string of the molecule is COc1ccc(-c2ccc(-c3cn(C4CCc5c(F)cccc5N(CC(F)(F)F)C4=O)nn3)cc2OC)cc1OC. The molecule has 1 aromatic heterocycles. The lowest BCUT2D eigenvalue weighted by Crippen LogP contribution is -2.42. The monoisotopic (exact) mass is 570 g/mol. The van der Waals surface area contributed by atoms with Gasteiger partial charge in [0.25, 0.3) is 5.91 Å². The first kappa shape index (κ1) is 27.9. The topological polar surface area (TPSA) is 78.7 Å². The quantitative estimate of drug-likeness (QED) is 0.259. The number of carbonyl (C=O) groups is 1. The minimum absolute atomic E-state index is 0.0471. The number of carbonyl (C=O) groups excluding carboxylic acids is 1. The number of ether oxygens (including phenoxy) is 3. The smallest absolute Gasteiger partial charge is 0.406 e. The van der Waals surface area contributed by atoms with Crippen LogP contribution in [0.3, 0.4) is 0 Å². The fourth-order valence-corrected chi connectivity index (χ4v) is 4.99. The van der Waals surface area contributed by atoms with E-state index >= 15 is 0 Å². The van der Waals surface area contributed by atoms with Gasteiger partial charge in [0.2, 0.25) is 0 Å². The van der Waals surface area contributed by atoms with Gasteiger partial charge in [-0.1, -0.05) is 23.4 Å². The van der Waals surface area contributed by atoms with Gasteiger partial charge < -0.3 is 19.1 Å². The zero-order valence-corrected chi connectivity index (χ0v) is 22.4. The van der Waals surface area contributed by atoms with Crippen LogP contribution < -0.4 is 19.1 Å². The van der Waals surface area contributed by atoms with Crippen molar-refractivity contribution < 1.29 is 36.6 Å². The molecule has 4 aromatic rings. The Balaban J connectivity index is 1.47. The van der Waals surface area contributed by atoms with E-state index in [-0.39, 0.29) is 24.1 Å². The third-order valence-electron chi connectivity index (χ3n) is 6.96. The molecule has 0 spiro atoms. The maximum atomic E-state index is 14.6. The molecule has 1 aliphatic heterocycles. The number of alkyl halides is 3. The Morgan fingerprint density at radius 3 is 2.34 bits per heavy atom. The molecular weight excluding hydrogens is 544 g/mol. The van der Waals surface area contributed by atoms with Crippen molar-refractivity contribution in [1.82, 2.24) is 15.0 Å². The lowest BCUT2D eigenvalue weighted by molar-refractivity contribution is -0.134. The molecule has 5 rings (SSSR count). The summed E-state index contributed by atoms with van der Waals surface area (Å²) in [5.74, 6) is 0.149. The average Bonchev–Trinajstić information content (AvgIpc) is 3.40. The van der Waals surface area contributed by atoms with Gasteiger partial charge in [0.1, 0.15) is 29.8 Å². The third kappa shape index (κ3) is 5.54. The second-order valence-corrected chi connectivity index (χ2v) is 9.40. The number of benzene rings is 3. The van der Waals surface area contributed by atoms with E-state index in [4.69, 9.17) is 14.2 Å². The number of fused-ring (bicyclic) bond motifs is 1. The van der Waals surface area contributed by atoms with Gasteiger partial charge in [0, 0.05) is 16.7 Å². The van der Waals surface area contributed by atoms with Crippen molar-refractivity contribution in [3.63, 3.8) is 0 Å². The molecule has 12 heteroatoms. The molecule has 0 radical (unpaired) electrons. The van der Waals surface area contributed by atoms with E-state index in [0.717, 1.165) is 11.1 Å². The molecule has 0 saturated heterocycles. The zero-order chi connectivity index (χ0) is 29.3. The number of halogens is 4. The number of nitrogens with zero attached hydrogens (tertiary/aromatic N) is 4. The lowest BCUT2D eigenvalue weighted by Gasteiger charge is -2.26. The second kappa shape index (κ2) is 11.1. The standard InChI is InChI=1S/C29H26F4N4O4/c1-39-25-12-8-17(13-27(25)41-3)19-9-7-18(14-26(19)40-2)22-15-37(35-34-22)24-11-10-20-21(30)5-4-6-23(20)36(28(24)38)16-29(31,32)33/h4-9,12-15,24H,10-11,16H2,1-3H3. The summed E-state index contributed by atoms with van der Waals surface area (Å²) in [7, 11) is 4.62. The molecule has 0 aliphatic carbocycles. The van der Waals surface area contributed by atoms with Crippen molar-refractivity contribution in [2.75, 3.05) is 32.8 Å². The number of hydrogen-bond donors (Lipinski definition) is 0.